The Kier molecular flexibility index (Phi) is 2.26. The van der Waals surface area contributed by atoms with Crippen molar-refractivity contribution in [2.45, 2.75) is 0 Å². The van der Waals surface area contributed by atoms with Crippen LogP contribution in [-0.4, -0.2) is 10.1 Å². The highest BCUT2D eigenvalue weighted by Crippen LogP contribution is 2.31. The zero-order valence-electron chi connectivity index (χ0n) is 9.17. The van der Waals surface area contributed by atoms with E-state index in [9.17, 15) is 5.11 Å². The molecule has 0 amide bonds. The van der Waals surface area contributed by atoms with Crippen LogP contribution >= 0.6 is 0 Å². The van der Waals surface area contributed by atoms with Crippen molar-refractivity contribution in [1.29, 1.82) is 0 Å². The van der Waals surface area contributed by atoms with E-state index in [0.29, 0.717) is 5.75 Å². The Morgan fingerprint density at radius 3 is 2.41 bits per heavy atom. The van der Waals surface area contributed by atoms with Crippen LogP contribution in [0.5, 0.6) is 5.75 Å². The summed E-state index contributed by atoms with van der Waals surface area (Å²) in [4.78, 5) is 3.99. The zero-order valence-corrected chi connectivity index (χ0v) is 9.17. The van der Waals surface area contributed by atoms with Crippen molar-refractivity contribution in [2.24, 2.45) is 0 Å². The molecule has 0 fully saturated rings. The predicted octanol–water partition coefficient (Wildman–Crippen LogP) is 3.61. The van der Waals surface area contributed by atoms with Crippen LogP contribution in [0.4, 0.5) is 0 Å². The molecule has 2 nitrogen and oxygen atoms in total. The van der Waals surface area contributed by atoms with E-state index < -0.39 is 0 Å². The summed E-state index contributed by atoms with van der Waals surface area (Å²) < 4.78 is 0. The first-order valence-corrected chi connectivity index (χ1v) is 5.47. The van der Waals surface area contributed by atoms with Crippen LogP contribution in [-0.2, 0) is 0 Å². The second-order valence-electron chi connectivity index (χ2n) is 3.95. The average molecular weight is 221 g/mol. The van der Waals surface area contributed by atoms with Gasteiger partial charge in [0.2, 0.25) is 0 Å². The number of hydrogen-bond donors (Lipinski definition) is 1. The van der Waals surface area contributed by atoms with Gasteiger partial charge in [-0.2, -0.15) is 0 Å². The Balaban J connectivity index is 2.26. The number of phenols is 1. The van der Waals surface area contributed by atoms with E-state index in [2.05, 4.69) is 11.1 Å². The highest BCUT2D eigenvalue weighted by molar-refractivity contribution is 5.92. The van der Waals surface area contributed by atoms with Crippen molar-refractivity contribution < 1.29 is 5.11 Å². The van der Waals surface area contributed by atoms with Gasteiger partial charge < -0.3 is 5.11 Å². The molecule has 0 saturated carbocycles. The summed E-state index contributed by atoms with van der Waals surface area (Å²) in [5.41, 5.74) is 2.06. The lowest BCUT2D eigenvalue weighted by atomic mass is 10.0. The fraction of sp³-hybridized carbons (Fsp3) is 0. The molecule has 1 heterocycles. The van der Waals surface area contributed by atoms with E-state index >= 15 is 0 Å². The number of benzene rings is 2. The summed E-state index contributed by atoms with van der Waals surface area (Å²) in [7, 11) is 0. The monoisotopic (exact) mass is 221 g/mol. The lowest BCUT2D eigenvalue weighted by Gasteiger charge is -2.06. The van der Waals surface area contributed by atoms with Gasteiger partial charge in [0.1, 0.15) is 5.75 Å². The van der Waals surface area contributed by atoms with Gasteiger partial charge >= 0.3 is 0 Å². The molecule has 0 spiro atoms. The first-order valence-electron chi connectivity index (χ1n) is 5.47. The Morgan fingerprint density at radius 1 is 0.824 bits per heavy atom. The van der Waals surface area contributed by atoms with Gasteiger partial charge in [0.25, 0.3) is 0 Å². The molecule has 17 heavy (non-hydrogen) atoms. The minimum Gasteiger partial charge on any atom is -0.507 e. The SMILES string of the molecule is Oc1cc(-c2ccncc2)cc2ccccc12. The number of fused-ring (bicyclic) bond motifs is 1. The summed E-state index contributed by atoms with van der Waals surface area (Å²) in [5.74, 6) is 0.315. The van der Waals surface area contributed by atoms with E-state index in [1.807, 2.05) is 36.4 Å². The minimum atomic E-state index is 0.315. The zero-order chi connectivity index (χ0) is 11.7. The van der Waals surface area contributed by atoms with E-state index in [-0.39, 0.29) is 0 Å². The number of nitrogens with zero attached hydrogens (tertiary/aromatic N) is 1. The van der Waals surface area contributed by atoms with Crippen LogP contribution < -0.4 is 0 Å². The Labute approximate surface area is 99.2 Å². The van der Waals surface area contributed by atoms with Crippen LogP contribution in [0.2, 0.25) is 0 Å². The second-order valence-corrected chi connectivity index (χ2v) is 3.95. The van der Waals surface area contributed by atoms with Crippen molar-refractivity contribution in [3.63, 3.8) is 0 Å². The van der Waals surface area contributed by atoms with Gasteiger partial charge in [0.15, 0.2) is 0 Å². The van der Waals surface area contributed by atoms with Gasteiger partial charge in [-0.1, -0.05) is 24.3 Å². The molecule has 0 aliphatic heterocycles. The molecule has 3 rings (SSSR count). The van der Waals surface area contributed by atoms with Crippen LogP contribution in [0.3, 0.4) is 0 Å². The summed E-state index contributed by atoms with van der Waals surface area (Å²) >= 11 is 0. The largest absolute Gasteiger partial charge is 0.507 e. The number of pyridine rings is 1. The quantitative estimate of drug-likeness (QED) is 0.681. The molecule has 0 aliphatic carbocycles. The summed E-state index contributed by atoms with van der Waals surface area (Å²) in [6, 6.07) is 15.5. The second kappa shape index (κ2) is 3.91. The van der Waals surface area contributed by atoms with Gasteiger partial charge in [0.05, 0.1) is 0 Å². The number of aromatic hydroxyl groups is 1. The van der Waals surface area contributed by atoms with Gasteiger partial charge in [-0.05, 0) is 40.8 Å². The summed E-state index contributed by atoms with van der Waals surface area (Å²) in [5, 5.41) is 11.9. The molecule has 82 valence electrons. The molecular weight excluding hydrogens is 210 g/mol. The molecular formula is C15H11NO. The molecule has 0 aliphatic rings. The topological polar surface area (TPSA) is 33.1 Å². The maximum atomic E-state index is 10.00. The molecule has 3 aromatic rings. The summed E-state index contributed by atoms with van der Waals surface area (Å²) in [6.45, 7) is 0. The van der Waals surface area contributed by atoms with Crippen molar-refractivity contribution in [2.75, 3.05) is 0 Å². The van der Waals surface area contributed by atoms with E-state index in [4.69, 9.17) is 0 Å². The normalized spacial score (nSPS) is 10.6. The lowest BCUT2D eigenvalue weighted by molar-refractivity contribution is 0.482. The molecule has 2 heteroatoms. The first kappa shape index (κ1) is 9.85. The van der Waals surface area contributed by atoms with Crippen molar-refractivity contribution in [1.82, 2.24) is 4.98 Å². The molecule has 1 aromatic heterocycles. The van der Waals surface area contributed by atoms with Crippen LogP contribution in [0.1, 0.15) is 0 Å². The fourth-order valence-electron chi connectivity index (χ4n) is 2.00. The Bertz CT molecular complexity index is 662. The highest BCUT2D eigenvalue weighted by atomic mass is 16.3. The third-order valence-electron chi connectivity index (χ3n) is 2.85. The van der Waals surface area contributed by atoms with Gasteiger partial charge in [-0.25, -0.2) is 0 Å². The standard InChI is InChI=1S/C15H11NO/c17-15-10-13(11-5-7-16-8-6-11)9-12-3-1-2-4-14(12)15/h1-10,17H. The third-order valence-corrected chi connectivity index (χ3v) is 2.85. The molecule has 0 unspecified atom stereocenters. The van der Waals surface area contributed by atoms with Crippen molar-refractivity contribution >= 4 is 10.8 Å². The highest BCUT2D eigenvalue weighted by Gasteiger charge is 2.03. The van der Waals surface area contributed by atoms with Crippen LogP contribution in [0.15, 0.2) is 60.9 Å². The molecule has 0 bridgehead atoms. The Morgan fingerprint density at radius 2 is 1.59 bits per heavy atom. The van der Waals surface area contributed by atoms with E-state index in [1.54, 1.807) is 18.5 Å². The van der Waals surface area contributed by atoms with E-state index in [0.717, 1.165) is 21.9 Å². The van der Waals surface area contributed by atoms with Crippen molar-refractivity contribution in [3.05, 3.63) is 60.9 Å². The maximum absolute atomic E-state index is 10.00. The van der Waals surface area contributed by atoms with Gasteiger partial charge in [-0.3, -0.25) is 4.98 Å². The van der Waals surface area contributed by atoms with Crippen LogP contribution in [0.25, 0.3) is 21.9 Å². The predicted molar refractivity (Wildman–Crippen MR) is 68.8 cm³/mol. The molecule has 2 aromatic carbocycles. The third kappa shape index (κ3) is 1.74. The number of aromatic nitrogens is 1. The number of rotatable bonds is 1. The van der Waals surface area contributed by atoms with Crippen molar-refractivity contribution in [3.8, 4) is 16.9 Å². The Hall–Kier alpha value is -2.35. The lowest BCUT2D eigenvalue weighted by Crippen LogP contribution is -1.80. The van der Waals surface area contributed by atoms with Crippen LogP contribution in [0, 0.1) is 0 Å². The summed E-state index contributed by atoms with van der Waals surface area (Å²) in [6.07, 6.45) is 3.50. The molecule has 0 radical (unpaired) electrons. The minimum absolute atomic E-state index is 0.315. The van der Waals surface area contributed by atoms with E-state index in [1.165, 1.54) is 0 Å². The average Bonchev–Trinajstić information content (AvgIpc) is 2.40. The molecule has 0 atom stereocenters. The number of hydrogen-bond acceptors (Lipinski definition) is 2. The van der Waals surface area contributed by atoms with Gasteiger partial charge in [0, 0.05) is 17.8 Å². The number of phenolic OH excluding ortho intramolecular Hbond substituents is 1. The first-order chi connectivity index (χ1) is 8.34. The van der Waals surface area contributed by atoms with Gasteiger partial charge in [-0.15, -0.1) is 0 Å². The smallest absolute Gasteiger partial charge is 0.124 e. The maximum Gasteiger partial charge on any atom is 0.124 e. The fourth-order valence-corrected chi connectivity index (χ4v) is 2.00. The molecule has 0 saturated heterocycles. The molecule has 1 N–H and O–H groups in total.